The van der Waals surface area contributed by atoms with Crippen molar-refractivity contribution in [2.24, 2.45) is 5.92 Å². The number of carbonyl (C=O) groups is 6. The van der Waals surface area contributed by atoms with E-state index >= 15 is 14.4 Å². The van der Waals surface area contributed by atoms with E-state index in [1.807, 2.05) is 141 Å². The maximum absolute atomic E-state index is 15.2. The van der Waals surface area contributed by atoms with Crippen LogP contribution in [0.25, 0.3) is 11.1 Å². The molecule has 0 aliphatic carbocycles. The first-order valence-corrected chi connectivity index (χ1v) is 27.6. The molecule has 1 heterocycles. The van der Waals surface area contributed by atoms with Crippen molar-refractivity contribution in [1.29, 1.82) is 0 Å². The topological polar surface area (TPSA) is 229 Å². The highest BCUT2D eigenvalue weighted by molar-refractivity contribution is 5.95. The van der Waals surface area contributed by atoms with E-state index in [0.717, 1.165) is 22.3 Å². The summed E-state index contributed by atoms with van der Waals surface area (Å²) >= 11 is 0. The van der Waals surface area contributed by atoms with E-state index in [4.69, 9.17) is 23.7 Å². The minimum absolute atomic E-state index is 0.0506. The fourth-order valence-corrected chi connectivity index (χ4v) is 9.25. The molecule has 0 unspecified atom stereocenters. The summed E-state index contributed by atoms with van der Waals surface area (Å²) in [6.45, 7) is 3.45. The van der Waals surface area contributed by atoms with Gasteiger partial charge >= 0.3 is 18.2 Å². The fourth-order valence-electron chi connectivity index (χ4n) is 9.25. The molecule has 17 heteroatoms. The number of benzene rings is 7. The van der Waals surface area contributed by atoms with E-state index in [1.54, 1.807) is 60.7 Å². The first-order valence-electron chi connectivity index (χ1n) is 27.6. The maximum Gasteiger partial charge on any atom is 0.408 e. The van der Waals surface area contributed by atoms with E-state index in [9.17, 15) is 19.5 Å². The molecule has 5 atom stereocenters. The molecule has 7 aromatic rings. The van der Waals surface area contributed by atoms with E-state index in [2.05, 4.69) is 26.6 Å². The number of hydrogen-bond donors (Lipinski definition) is 6. The van der Waals surface area contributed by atoms with Crippen molar-refractivity contribution in [3.05, 3.63) is 227 Å². The summed E-state index contributed by atoms with van der Waals surface area (Å²) in [6.07, 6.45) is -4.02. The molecule has 0 radical (unpaired) electrons. The van der Waals surface area contributed by atoms with Gasteiger partial charge in [-0.3, -0.25) is 14.4 Å². The summed E-state index contributed by atoms with van der Waals surface area (Å²) in [5.41, 5.74) is 6.22. The molecule has 0 saturated heterocycles. The van der Waals surface area contributed by atoms with Crippen molar-refractivity contribution >= 4 is 35.9 Å². The van der Waals surface area contributed by atoms with Gasteiger partial charge in [-0.25, -0.2) is 14.4 Å². The number of alkyl carbamates (subject to hydrolysis) is 2. The molecule has 1 aliphatic heterocycles. The lowest BCUT2D eigenvalue weighted by Crippen LogP contribution is -2.59. The molecule has 7 aromatic carbocycles. The Kier molecular flexibility index (Phi) is 21.8. The summed E-state index contributed by atoms with van der Waals surface area (Å²) < 4.78 is 29.7. The average molecular weight is 1120 g/mol. The molecule has 5 amide bonds. The van der Waals surface area contributed by atoms with Gasteiger partial charge in [-0.2, -0.15) is 0 Å². The van der Waals surface area contributed by atoms with Crippen LogP contribution in [0.2, 0.25) is 0 Å². The first-order chi connectivity index (χ1) is 40.3. The zero-order chi connectivity index (χ0) is 58.3. The van der Waals surface area contributed by atoms with E-state index < -0.39 is 79.1 Å². The molecule has 4 bridgehead atoms. The second-order valence-corrected chi connectivity index (χ2v) is 20.6. The lowest BCUT2D eigenvalue weighted by molar-refractivity contribution is -0.150. The smallest absolute Gasteiger partial charge is 0.408 e. The number of hydrogen-bond acceptors (Lipinski definition) is 12. The van der Waals surface area contributed by atoms with Gasteiger partial charge in [0.25, 0.3) is 0 Å². The van der Waals surface area contributed by atoms with Crippen LogP contribution in [0.1, 0.15) is 65.6 Å². The number of nitrogens with one attached hydrogen (secondary N) is 5. The minimum Gasteiger partial charge on any atom is -0.489 e. The van der Waals surface area contributed by atoms with Gasteiger partial charge in [-0.05, 0) is 86.7 Å². The zero-order valence-electron chi connectivity index (χ0n) is 46.4. The summed E-state index contributed by atoms with van der Waals surface area (Å²) in [5, 5.41) is 25.3. The highest BCUT2D eigenvalue weighted by atomic mass is 16.6. The van der Waals surface area contributed by atoms with Gasteiger partial charge in [0.2, 0.25) is 17.7 Å². The van der Waals surface area contributed by atoms with Gasteiger partial charge in [-0.1, -0.05) is 178 Å². The van der Waals surface area contributed by atoms with Crippen molar-refractivity contribution in [2.75, 3.05) is 6.54 Å². The number of ether oxygens (including phenoxy) is 5. The molecule has 0 aromatic heterocycles. The second-order valence-electron chi connectivity index (χ2n) is 20.6. The minimum atomic E-state index is -1.63. The molecular weight excluding hydrogens is 1050 g/mol. The van der Waals surface area contributed by atoms with Crippen LogP contribution in [0.3, 0.4) is 0 Å². The molecule has 17 nitrogen and oxygen atoms in total. The van der Waals surface area contributed by atoms with Crippen LogP contribution in [0.15, 0.2) is 188 Å². The van der Waals surface area contributed by atoms with E-state index in [0.29, 0.717) is 39.3 Å². The van der Waals surface area contributed by atoms with Gasteiger partial charge in [0, 0.05) is 25.8 Å². The van der Waals surface area contributed by atoms with E-state index in [1.165, 1.54) is 0 Å². The number of rotatable bonds is 22. The molecule has 0 fully saturated rings. The lowest BCUT2D eigenvalue weighted by Gasteiger charge is -2.28. The van der Waals surface area contributed by atoms with Crippen LogP contribution in [0.4, 0.5) is 9.59 Å². The Labute approximate surface area is 483 Å². The third-order valence-electron chi connectivity index (χ3n) is 13.6. The highest BCUT2D eigenvalue weighted by Gasteiger charge is 2.35. The van der Waals surface area contributed by atoms with Crippen LogP contribution in [0, 0.1) is 5.92 Å². The van der Waals surface area contributed by atoms with E-state index in [-0.39, 0.29) is 58.2 Å². The van der Waals surface area contributed by atoms with Crippen LogP contribution in [0.5, 0.6) is 11.5 Å². The van der Waals surface area contributed by atoms with Gasteiger partial charge < -0.3 is 55.4 Å². The third kappa shape index (κ3) is 18.8. The predicted octanol–water partition coefficient (Wildman–Crippen LogP) is 8.83. The second kappa shape index (κ2) is 30.4. The van der Waals surface area contributed by atoms with Gasteiger partial charge in [0.15, 0.2) is 0 Å². The van der Waals surface area contributed by atoms with Crippen molar-refractivity contribution in [1.82, 2.24) is 26.6 Å². The largest absolute Gasteiger partial charge is 0.489 e. The number of aliphatic hydroxyl groups is 1. The van der Waals surface area contributed by atoms with Crippen LogP contribution in [-0.2, 0) is 79.3 Å². The van der Waals surface area contributed by atoms with Crippen molar-refractivity contribution in [3.63, 3.8) is 0 Å². The van der Waals surface area contributed by atoms with Gasteiger partial charge in [0.05, 0.1) is 6.10 Å². The van der Waals surface area contributed by atoms with Gasteiger partial charge in [-0.15, -0.1) is 0 Å². The number of aliphatic hydroxyl groups excluding tert-OH is 1. The zero-order valence-corrected chi connectivity index (χ0v) is 46.4. The summed E-state index contributed by atoms with van der Waals surface area (Å²) in [5.74, 6) is -2.55. The standard InChI is InChI=1S/C66H69N5O12/c1-44(2)32-58(64(76)81-41-47-22-12-5-13-23-47)70-61(73)55-35-52-33-50(28-30-59(52)79-39-45-18-8-3-9-19-45)51-29-31-60(80-40-46-20-10-4-11-21-46)53(34-51)36-56(71-66(78)83-43-49-26-16-7-17-27-49)62(74)69-57(63(75)68-55)37-54(72)38-67-65(77)82-42-48-24-14-6-15-25-48/h3-31,33-34,44,54-58,72H,32,35-43H2,1-2H3,(H,67,77)(H,68,75)(H,69,74)(H,70,73)(H,71,78)/t54-,55+,56+,57+,58+/m1/s1. The maximum atomic E-state index is 15.2. The monoisotopic (exact) mass is 1120 g/mol. The first kappa shape index (κ1) is 59.6. The Morgan fingerprint density at radius 3 is 1.47 bits per heavy atom. The lowest BCUT2D eigenvalue weighted by atomic mass is 9.95. The molecule has 1 aliphatic rings. The van der Waals surface area contributed by atoms with Crippen molar-refractivity contribution in [2.45, 2.75) is 103 Å². The molecule has 83 heavy (non-hydrogen) atoms. The Hall–Kier alpha value is -9.48. The number of carbonyl (C=O) groups excluding carboxylic acids is 6. The quantitative estimate of drug-likeness (QED) is 0.0276. The third-order valence-corrected chi connectivity index (χ3v) is 13.6. The van der Waals surface area contributed by atoms with Gasteiger partial charge in [0.1, 0.15) is 68.7 Å². The Morgan fingerprint density at radius 1 is 0.542 bits per heavy atom. The summed E-state index contributed by atoms with van der Waals surface area (Å²) in [7, 11) is 0. The predicted molar refractivity (Wildman–Crippen MR) is 311 cm³/mol. The average Bonchev–Trinajstić information content (AvgIpc) is 3.60. The SMILES string of the molecule is CC(C)C[C@H](NC(=O)[C@@H]1Cc2cc(ccc2OCc2ccccc2)-c2ccc(OCc3ccccc3)c(c2)C[C@H](NC(=O)OCc2ccccc2)C(=O)N[C@@H](C[C@@H](O)CNC(=O)OCc2ccccc2)C(=O)N1)C(=O)OCc1ccccc1. The molecular formula is C66H69N5O12. The van der Waals surface area contributed by atoms with Crippen molar-refractivity contribution < 1.29 is 57.6 Å². The van der Waals surface area contributed by atoms with Crippen LogP contribution < -0.4 is 36.1 Å². The summed E-state index contributed by atoms with van der Waals surface area (Å²) in [4.78, 5) is 85.9. The molecule has 0 saturated carbocycles. The normalized spacial score (nSPS) is 15.8. The Balaban J connectivity index is 1.18. The molecule has 6 N–H and O–H groups in total. The van der Waals surface area contributed by atoms with Crippen LogP contribution in [-0.4, -0.2) is 77.8 Å². The molecule has 430 valence electrons. The number of amides is 5. The Morgan fingerprint density at radius 2 is 0.988 bits per heavy atom. The fraction of sp³-hybridized carbons (Fsp3) is 0.273. The molecule has 8 rings (SSSR count). The number of fused-ring (bicyclic) bond motifs is 5. The number of esters is 1. The summed E-state index contributed by atoms with van der Waals surface area (Å²) in [6, 6.07) is 51.3. The molecule has 0 spiro atoms. The highest BCUT2D eigenvalue weighted by Crippen LogP contribution is 2.33. The van der Waals surface area contributed by atoms with Crippen LogP contribution >= 0.6 is 0 Å². The Bertz CT molecular complexity index is 3240. The van der Waals surface area contributed by atoms with Crippen molar-refractivity contribution in [3.8, 4) is 22.6 Å².